The fraction of sp³-hybridized carbons (Fsp3) is 0.250. The molecule has 1 N–H and O–H groups in total. The summed E-state index contributed by atoms with van der Waals surface area (Å²) in [6.07, 6.45) is 0. The van der Waals surface area contributed by atoms with E-state index < -0.39 is 0 Å². The molecule has 1 aromatic carbocycles. The summed E-state index contributed by atoms with van der Waals surface area (Å²) in [6, 6.07) is 9.03. The van der Waals surface area contributed by atoms with Crippen LogP contribution in [0.25, 0.3) is 0 Å². The second kappa shape index (κ2) is 1.50. The summed E-state index contributed by atoms with van der Waals surface area (Å²) >= 11 is 0. The van der Waals surface area contributed by atoms with Gasteiger partial charge in [0.25, 0.3) is 0 Å². The van der Waals surface area contributed by atoms with E-state index >= 15 is 0 Å². The van der Waals surface area contributed by atoms with Gasteiger partial charge in [0.05, 0.1) is 0 Å². The molecule has 0 saturated carbocycles. The van der Waals surface area contributed by atoms with Crippen molar-refractivity contribution in [3.8, 4) is 0 Å². The van der Waals surface area contributed by atoms with Gasteiger partial charge in [0.1, 0.15) is 0 Å². The minimum Gasteiger partial charge on any atom is -0.379 e. The molecule has 1 atom stereocenters. The zero-order chi connectivity index (χ0) is 6.27. The Kier molecular flexibility index (Phi) is 0.810. The average molecular weight is 119 g/mol. The van der Waals surface area contributed by atoms with Crippen LogP contribution in [0.15, 0.2) is 24.3 Å². The van der Waals surface area contributed by atoms with Gasteiger partial charge in [-0.25, -0.2) is 0 Å². The number of hydrogen-bond acceptors (Lipinski definition) is 1. The highest BCUT2D eigenvalue weighted by Gasteiger charge is 2.11. The molecule has 0 aliphatic carbocycles. The molecule has 46 valence electrons. The maximum atomic E-state index is 3.32. The molecule has 1 nitrogen and oxygen atoms in total. The van der Waals surface area contributed by atoms with E-state index in [9.17, 15) is 0 Å². The summed E-state index contributed by atoms with van der Waals surface area (Å²) in [5.41, 5.74) is 2.65. The molecule has 1 aliphatic rings. The molecule has 0 fully saturated rings. The first-order valence-electron chi connectivity index (χ1n) is 3.23. The van der Waals surface area contributed by atoms with E-state index in [4.69, 9.17) is 0 Å². The van der Waals surface area contributed by atoms with Crippen molar-refractivity contribution in [2.75, 3.05) is 5.32 Å². The van der Waals surface area contributed by atoms with Crippen LogP contribution in [0, 0.1) is 0 Å². The highest BCUT2D eigenvalue weighted by molar-refractivity contribution is 5.53. The Hall–Kier alpha value is -0.980. The molecule has 0 aromatic heterocycles. The van der Waals surface area contributed by atoms with E-state index in [2.05, 4.69) is 36.5 Å². The third kappa shape index (κ3) is 0.611. The monoisotopic (exact) mass is 119 g/mol. The number of benzene rings is 1. The third-order valence-electron chi connectivity index (χ3n) is 1.77. The summed E-state index contributed by atoms with van der Waals surface area (Å²) in [7, 11) is 0. The largest absolute Gasteiger partial charge is 0.379 e. The van der Waals surface area contributed by atoms with Crippen molar-refractivity contribution in [3.05, 3.63) is 29.8 Å². The Bertz CT molecular complexity index is 230. The second-order valence-electron chi connectivity index (χ2n) is 2.49. The van der Waals surface area contributed by atoms with E-state index in [1.54, 1.807) is 0 Å². The molecule has 1 aliphatic heterocycles. The van der Waals surface area contributed by atoms with Crippen LogP contribution < -0.4 is 5.32 Å². The summed E-state index contributed by atoms with van der Waals surface area (Å²) in [5, 5.41) is 3.32. The topological polar surface area (TPSA) is 12.0 Å². The van der Waals surface area contributed by atoms with Crippen molar-refractivity contribution in [3.63, 3.8) is 0 Å². The van der Waals surface area contributed by atoms with Crippen LogP contribution in [-0.4, -0.2) is 0 Å². The van der Waals surface area contributed by atoms with Gasteiger partial charge in [-0.2, -0.15) is 0 Å². The van der Waals surface area contributed by atoms with Gasteiger partial charge in [0, 0.05) is 11.7 Å². The summed E-state index contributed by atoms with van der Waals surface area (Å²) in [5.74, 6) is 0. The van der Waals surface area contributed by atoms with Crippen molar-refractivity contribution in [2.24, 2.45) is 0 Å². The minimum atomic E-state index is 0.523. The number of anilines is 1. The molecular weight excluding hydrogens is 110 g/mol. The Labute approximate surface area is 54.7 Å². The van der Waals surface area contributed by atoms with E-state index in [0.717, 1.165) is 0 Å². The zero-order valence-electron chi connectivity index (χ0n) is 5.39. The van der Waals surface area contributed by atoms with Crippen molar-refractivity contribution in [1.82, 2.24) is 0 Å². The van der Waals surface area contributed by atoms with Gasteiger partial charge in [-0.15, -0.1) is 0 Å². The lowest BCUT2D eigenvalue weighted by Crippen LogP contribution is -1.96. The van der Waals surface area contributed by atoms with Crippen LogP contribution >= 0.6 is 0 Å². The molecule has 0 amide bonds. The van der Waals surface area contributed by atoms with Gasteiger partial charge in [0.15, 0.2) is 0 Å². The fourth-order valence-electron chi connectivity index (χ4n) is 1.23. The summed E-state index contributed by atoms with van der Waals surface area (Å²) in [6.45, 7) is 2.17. The SMILES string of the molecule is C[C@@H]1Nc2cccc1c2. The molecule has 1 aromatic rings. The van der Waals surface area contributed by atoms with Gasteiger partial charge in [-0.1, -0.05) is 12.1 Å². The van der Waals surface area contributed by atoms with Gasteiger partial charge in [-0.3, -0.25) is 0 Å². The molecule has 1 heterocycles. The highest BCUT2D eigenvalue weighted by Crippen LogP contribution is 2.27. The summed E-state index contributed by atoms with van der Waals surface area (Å²) < 4.78 is 0. The first-order chi connectivity index (χ1) is 4.36. The number of rotatable bonds is 0. The van der Waals surface area contributed by atoms with Crippen LogP contribution in [0.2, 0.25) is 0 Å². The van der Waals surface area contributed by atoms with Crippen LogP contribution in [-0.2, 0) is 0 Å². The fourth-order valence-corrected chi connectivity index (χ4v) is 1.23. The number of nitrogens with one attached hydrogen (secondary N) is 1. The maximum absolute atomic E-state index is 3.32. The molecule has 1 heteroatoms. The van der Waals surface area contributed by atoms with Gasteiger partial charge in [-0.05, 0) is 24.6 Å². The lowest BCUT2D eigenvalue weighted by molar-refractivity contribution is 0.920. The maximum Gasteiger partial charge on any atom is 0.0486 e. The van der Waals surface area contributed by atoms with Crippen molar-refractivity contribution in [1.29, 1.82) is 0 Å². The van der Waals surface area contributed by atoms with E-state index in [1.807, 2.05) is 0 Å². The van der Waals surface area contributed by atoms with Crippen molar-refractivity contribution < 1.29 is 0 Å². The molecule has 2 rings (SSSR count). The standard InChI is InChI=1S/C8H9N/c1-6-7-3-2-4-8(5-7)9-6/h2-6,9H,1H3/t6-/m0/s1. The van der Waals surface area contributed by atoms with Crippen molar-refractivity contribution in [2.45, 2.75) is 13.0 Å². The highest BCUT2D eigenvalue weighted by atomic mass is 14.9. The molecular formula is C8H9N. The lowest BCUT2D eigenvalue weighted by atomic mass is 10.2. The predicted molar refractivity (Wildman–Crippen MR) is 38.5 cm³/mol. The Morgan fingerprint density at radius 2 is 2.33 bits per heavy atom. The molecule has 0 spiro atoms. The van der Waals surface area contributed by atoms with Crippen LogP contribution in [0.5, 0.6) is 0 Å². The van der Waals surface area contributed by atoms with Crippen LogP contribution in [0.1, 0.15) is 18.5 Å². The lowest BCUT2D eigenvalue weighted by Gasteiger charge is -2.01. The first kappa shape index (κ1) is 4.86. The normalized spacial score (nSPS) is 21.7. The Balaban J connectivity index is 2.56. The molecule has 0 saturated heterocycles. The minimum absolute atomic E-state index is 0.523. The average Bonchev–Trinajstić information content (AvgIpc) is 2.09. The predicted octanol–water partition coefficient (Wildman–Crippen LogP) is 2.17. The Morgan fingerprint density at radius 3 is 3.00 bits per heavy atom. The number of hydrogen-bond donors (Lipinski definition) is 1. The van der Waals surface area contributed by atoms with Gasteiger partial charge < -0.3 is 5.32 Å². The molecule has 9 heavy (non-hydrogen) atoms. The Morgan fingerprint density at radius 1 is 1.44 bits per heavy atom. The van der Waals surface area contributed by atoms with Crippen molar-refractivity contribution >= 4 is 5.69 Å². The van der Waals surface area contributed by atoms with E-state index in [-0.39, 0.29) is 0 Å². The quantitative estimate of drug-likeness (QED) is 0.552. The summed E-state index contributed by atoms with van der Waals surface area (Å²) in [4.78, 5) is 0. The first-order valence-corrected chi connectivity index (χ1v) is 3.23. The zero-order valence-corrected chi connectivity index (χ0v) is 5.39. The van der Waals surface area contributed by atoms with Crippen LogP contribution in [0.3, 0.4) is 0 Å². The molecule has 2 bridgehead atoms. The molecule has 0 radical (unpaired) electrons. The van der Waals surface area contributed by atoms with E-state index in [1.165, 1.54) is 11.3 Å². The smallest absolute Gasteiger partial charge is 0.0486 e. The van der Waals surface area contributed by atoms with Gasteiger partial charge in [0.2, 0.25) is 0 Å². The third-order valence-corrected chi connectivity index (χ3v) is 1.77. The second-order valence-corrected chi connectivity index (χ2v) is 2.49. The van der Waals surface area contributed by atoms with E-state index in [0.29, 0.717) is 6.04 Å². The molecule has 0 unspecified atom stereocenters. The number of fused-ring (bicyclic) bond motifs is 2. The van der Waals surface area contributed by atoms with Gasteiger partial charge >= 0.3 is 0 Å². The van der Waals surface area contributed by atoms with Crippen LogP contribution in [0.4, 0.5) is 5.69 Å².